The molecule has 2 unspecified atom stereocenters. The summed E-state index contributed by atoms with van der Waals surface area (Å²) < 4.78 is 26.6. The van der Waals surface area contributed by atoms with Gasteiger partial charge in [0.1, 0.15) is 0 Å². The number of nitrogens with zero attached hydrogens (tertiary/aromatic N) is 1. The predicted octanol–water partition coefficient (Wildman–Crippen LogP) is 3.02. The van der Waals surface area contributed by atoms with E-state index in [4.69, 9.17) is 0 Å². The highest BCUT2D eigenvalue weighted by Gasteiger charge is 2.53. The Balaban J connectivity index is 1.72. The summed E-state index contributed by atoms with van der Waals surface area (Å²) in [5.41, 5.74) is -0.160. The van der Waals surface area contributed by atoms with Crippen molar-refractivity contribution in [3.63, 3.8) is 0 Å². The number of carbonyl (C=O) groups is 3. The Morgan fingerprint density at radius 3 is 2.51 bits per heavy atom. The molecule has 1 saturated heterocycles. The third-order valence-corrected chi connectivity index (χ3v) is 6.66. The second kappa shape index (κ2) is 11.9. The number of hydrogen-bond acceptors (Lipinski definition) is 4. The van der Waals surface area contributed by atoms with Crippen LogP contribution in [-0.4, -0.2) is 59.1 Å². The second-order valence-corrected chi connectivity index (χ2v) is 8.91. The van der Waals surface area contributed by atoms with Crippen molar-refractivity contribution in [2.75, 3.05) is 26.2 Å². The average Bonchev–Trinajstić information content (AvgIpc) is 3.09. The lowest BCUT2D eigenvalue weighted by Gasteiger charge is -2.31. The molecular weight excluding hydrogens is 458 g/mol. The largest absolute Gasteiger partial charge is 0.481 e. The molecule has 1 aliphatic rings. The third kappa shape index (κ3) is 6.42. The number of aliphatic carboxylic acids is 1. The van der Waals surface area contributed by atoms with Crippen molar-refractivity contribution in [3.05, 3.63) is 71.3 Å². The molecule has 2 amide bonds. The van der Waals surface area contributed by atoms with E-state index in [2.05, 4.69) is 5.32 Å². The van der Waals surface area contributed by atoms with Crippen LogP contribution in [0.25, 0.3) is 0 Å². The van der Waals surface area contributed by atoms with Crippen molar-refractivity contribution in [1.82, 2.24) is 10.2 Å². The number of likely N-dealkylation sites (tertiary alicyclic amines) is 1. The summed E-state index contributed by atoms with van der Waals surface area (Å²) in [4.78, 5) is 39.3. The van der Waals surface area contributed by atoms with Gasteiger partial charge in [-0.1, -0.05) is 30.3 Å². The van der Waals surface area contributed by atoms with E-state index in [0.717, 1.165) is 17.7 Å². The molecule has 0 aromatic heterocycles. The lowest BCUT2D eigenvalue weighted by Crippen LogP contribution is -2.40. The van der Waals surface area contributed by atoms with E-state index >= 15 is 0 Å². The minimum absolute atomic E-state index is 0.0343. The molecule has 2 aromatic rings. The first-order chi connectivity index (χ1) is 16.8. The molecule has 7 nitrogen and oxygen atoms in total. The van der Waals surface area contributed by atoms with Crippen LogP contribution in [0.3, 0.4) is 0 Å². The molecule has 1 aliphatic heterocycles. The zero-order valence-electron chi connectivity index (χ0n) is 19.4. The Morgan fingerprint density at radius 2 is 1.86 bits per heavy atom. The van der Waals surface area contributed by atoms with Gasteiger partial charge in [0.2, 0.25) is 5.91 Å². The molecule has 1 heterocycles. The zero-order valence-corrected chi connectivity index (χ0v) is 19.4. The Hall–Kier alpha value is -3.33. The van der Waals surface area contributed by atoms with E-state index in [1.807, 2.05) is 30.3 Å². The van der Waals surface area contributed by atoms with Crippen molar-refractivity contribution in [1.29, 1.82) is 0 Å². The van der Waals surface area contributed by atoms with Crippen LogP contribution in [0.4, 0.5) is 8.78 Å². The van der Waals surface area contributed by atoms with E-state index in [1.165, 1.54) is 6.07 Å². The molecule has 0 saturated carbocycles. The number of benzene rings is 2. The zero-order chi connectivity index (χ0) is 25.4. The molecule has 0 spiro atoms. The maximum Gasteiger partial charge on any atom is 0.304 e. The number of hydrogen-bond donors (Lipinski definition) is 3. The molecule has 2 aromatic carbocycles. The molecule has 35 heavy (non-hydrogen) atoms. The summed E-state index contributed by atoms with van der Waals surface area (Å²) in [6.07, 6.45) is 1.08. The molecule has 3 N–H and O–H groups in total. The van der Waals surface area contributed by atoms with Crippen LogP contribution in [0.2, 0.25) is 0 Å². The van der Waals surface area contributed by atoms with Gasteiger partial charge in [-0.15, -0.1) is 0 Å². The van der Waals surface area contributed by atoms with E-state index in [-0.39, 0.29) is 49.8 Å². The Kier molecular flexibility index (Phi) is 8.92. The summed E-state index contributed by atoms with van der Waals surface area (Å²) in [6.45, 7) is 0.730. The van der Waals surface area contributed by atoms with Gasteiger partial charge >= 0.3 is 5.97 Å². The van der Waals surface area contributed by atoms with Crippen LogP contribution in [0.1, 0.15) is 41.6 Å². The molecule has 1 fully saturated rings. The van der Waals surface area contributed by atoms with E-state index in [9.17, 15) is 33.4 Å². The summed E-state index contributed by atoms with van der Waals surface area (Å²) in [6, 6.07) is 12.5. The number of carbonyl (C=O) groups excluding carboxylic acids is 2. The minimum Gasteiger partial charge on any atom is -0.481 e. The standard InChI is InChI=1S/C26H30F2N2O5/c27-21-8-7-19(15-22(21)28)24(34)29-12-9-20-17-30(13-10-18-5-2-1-3-6-18)25(35)26(20,11-4-14-31)16-23(32)33/h1-3,5-8,15,20,31H,4,9-14,16-17H2,(H,29,34)(H,32,33). The average molecular weight is 489 g/mol. The highest BCUT2D eigenvalue weighted by atomic mass is 19.2. The maximum atomic E-state index is 13.5. The van der Waals surface area contributed by atoms with Gasteiger partial charge in [0.15, 0.2) is 11.6 Å². The first-order valence-electron chi connectivity index (χ1n) is 11.7. The fraction of sp³-hybridized carbons (Fsp3) is 0.423. The number of carboxylic acid groups (broad SMARTS) is 1. The van der Waals surface area contributed by atoms with Crippen molar-refractivity contribution in [2.45, 2.75) is 32.1 Å². The molecule has 0 aliphatic carbocycles. The van der Waals surface area contributed by atoms with Gasteiger partial charge < -0.3 is 20.4 Å². The van der Waals surface area contributed by atoms with Crippen LogP contribution >= 0.6 is 0 Å². The second-order valence-electron chi connectivity index (χ2n) is 8.91. The first kappa shape index (κ1) is 26.3. The number of carboxylic acids is 1. The third-order valence-electron chi connectivity index (χ3n) is 6.66. The van der Waals surface area contributed by atoms with Gasteiger partial charge in [0.25, 0.3) is 5.91 Å². The normalized spacial score (nSPS) is 19.7. The minimum atomic E-state index is -1.18. The van der Waals surface area contributed by atoms with Crippen LogP contribution in [0.15, 0.2) is 48.5 Å². The topological polar surface area (TPSA) is 107 Å². The van der Waals surface area contributed by atoms with Crippen LogP contribution < -0.4 is 5.32 Å². The van der Waals surface area contributed by atoms with Gasteiger partial charge in [-0.05, 0) is 55.4 Å². The first-order valence-corrected chi connectivity index (χ1v) is 11.7. The molecule has 2 atom stereocenters. The van der Waals surface area contributed by atoms with Crippen LogP contribution in [-0.2, 0) is 16.0 Å². The van der Waals surface area contributed by atoms with E-state index in [1.54, 1.807) is 4.90 Å². The predicted molar refractivity (Wildman–Crippen MR) is 125 cm³/mol. The van der Waals surface area contributed by atoms with Crippen LogP contribution in [0.5, 0.6) is 0 Å². The molecule has 3 rings (SSSR count). The van der Waals surface area contributed by atoms with Crippen molar-refractivity contribution >= 4 is 17.8 Å². The number of halogens is 2. The quantitative estimate of drug-likeness (QED) is 0.426. The summed E-state index contributed by atoms with van der Waals surface area (Å²) in [5.74, 6) is -4.48. The maximum absolute atomic E-state index is 13.5. The summed E-state index contributed by atoms with van der Waals surface area (Å²) >= 11 is 0. The van der Waals surface area contributed by atoms with Crippen molar-refractivity contribution in [2.24, 2.45) is 11.3 Å². The van der Waals surface area contributed by atoms with Gasteiger partial charge in [0.05, 0.1) is 11.8 Å². The Labute approximate surface area is 202 Å². The molecule has 0 radical (unpaired) electrons. The number of aliphatic hydroxyl groups is 1. The number of nitrogens with one attached hydrogen (secondary N) is 1. The van der Waals surface area contributed by atoms with Gasteiger partial charge in [-0.3, -0.25) is 14.4 Å². The summed E-state index contributed by atoms with van der Waals surface area (Å²) in [7, 11) is 0. The number of amides is 2. The summed E-state index contributed by atoms with van der Waals surface area (Å²) in [5, 5.41) is 21.7. The number of aliphatic hydroxyl groups excluding tert-OH is 1. The smallest absolute Gasteiger partial charge is 0.304 e. The van der Waals surface area contributed by atoms with E-state index in [0.29, 0.717) is 25.9 Å². The highest BCUT2D eigenvalue weighted by Crippen LogP contribution is 2.46. The fourth-order valence-corrected chi connectivity index (χ4v) is 4.87. The lowest BCUT2D eigenvalue weighted by molar-refractivity contribution is -0.148. The number of rotatable bonds is 12. The van der Waals surface area contributed by atoms with Gasteiger partial charge in [-0.25, -0.2) is 8.78 Å². The monoisotopic (exact) mass is 488 g/mol. The lowest BCUT2D eigenvalue weighted by atomic mass is 9.70. The fourth-order valence-electron chi connectivity index (χ4n) is 4.87. The molecular formula is C26H30F2N2O5. The van der Waals surface area contributed by atoms with Gasteiger partial charge in [0, 0.05) is 31.8 Å². The molecule has 9 heteroatoms. The Bertz CT molecular complexity index is 1050. The molecule has 0 bridgehead atoms. The Morgan fingerprint density at radius 1 is 1.11 bits per heavy atom. The van der Waals surface area contributed by atoms with Crippen molar-refractivity contribution in [3.8, 4) is 0 Å². The highest BCUT2D eigenvalue weighted by molar-refractivity contribution is 5.94. The molecule has 188 valence electrons. The van der Waals surface area contributed by atoms with Crippen molar-refractivity contribution < 1.29 is 33.4 Å². The van der Waals surface area contributed by atoms with E-state index < -0.39 is 28.9 Å². The van der Waals surface area contributed by atoms with Crippen LogP contribution in [0, 0.1) is 23.0 Å². The SMILES string of the molecule is O=C(O)CC1(CCCO)C(=O)N(CCc2ccccc2)CC1CCNC(=O)c1ccc(F)c(F)c1. The van der Waals surface area contributed by atoms with Gasteiger partial charge in [-0.2, -0.15) is 0 Å².